The molecular weight excluding hydrogens is 845 g/mol. The van der Waals surface area contributed by atoms with E-state index in [2.05, 4.69) is 184 Å². The van der Waals surface area contributed by atoms with Gasteiger partial charge in [-0.25, -0.2) is 0 Å². The molecule has 0 atom stereocenters. The van der Waals surface area contributed by atoms with Crippen LogP contribution in [0.15, 0.2) is 170 Å². The van der Waals surface area contributed by atoms with Crippen molar-refractivity contribution in [3.8, 4) is 33.4 Å². The molecular formula is C65H54S2. The van der Waals surface area contributed by atoms with Gasteiger partial charge in [-0.3, -0.25) is 0 Å². The molecule has 0 saturated carbocycles. The molecule has 67 heavy (non-hydrogen) atoms. The average Bonchev–Trinajstić information content (AvgIpc) is 4.04. The highest BCUT2D eigenvalue weighted by Crippen LogP contribution is 2.57. The molecule has 1 aliphatic rings. The van der Waals surface area contributed by atoms with Gasteiger partial charge in [0.1, 0.15) is 0 Å². The van der Waals surface area contributed by atoms with Crippen molar-refractivity contribution in [3.63, 3.8) is 0 Å². The number of hydrogen-bond donors (Lipinski definition) is 0. The van der Waals surface area contributed by atoms with Gasteiger partial charge in [-0.2, -0.15) is 0 Å². The van der Waals surface area contributed by atoms with Gasteiger partial charge < -0.3 is 0 Å². The average molecular weight is 899 g/mol. The van der Waals surface area contributed by atoms with Crippen molar-refractivity contribution in [2.45, 2.75) is 83.5 Å². The van der Waals surface area contributed by atoms with E-state index in [1.807, 2.05) is 22.7 Å². The van der Waals surface area contributed by atoms with Gasteiger partial charge in [-0.15, -0.1) is 22.7 Å². The fourth-order valence-corrected chi connectivity index (χ4v) is 14.8. The molecule has 1 aliphatic carbocycles. The van der Waals surface area contributed by atoms with Crippen LogP contribution >= 0.6 is 22.7 Å². The second-order valence-corrected chi connectivity index (χ2v) is 21.6. The molecule has 0 aliphatic heterocycles. The predicted molar refractivity (Wildman–Crippen MR) is 297 cm³/mol. The van der Waals surface area contributed by atoms with Crippen LogP contribution in [0.1, 0.15) is 89.2 Å². The van der Waals surface area contributed by atoms with E-state index in [9.17, 15) is 0 Å². The molecule has 0 N–H and O–H groups in total. The van der Waals surface area contributed by atoms with Crippen LogP contribution in [0.25, 0.3) is 117 Å². The molecule has 0 radical (unpaired) electrons. The lowest BCUT2D eigenvalue weighted by atomic mass is 9.70. The van der Waals surface area contributed by atoms with Crippen LogP contribution in [0.5, 0.6) is 0 Å². The highest BCUT2D eigenvalue weighted by Gasteiger charge is 2.43. The standard InChI is InChI=1S/C65H54S2/c1-3-5-7-17-35-65(36-18-8-6-4-2)55-37-43(53-39-59-63(51-25-15-13-23-47(51)53)61-45-21-11-9-19-41(45)29-33-57(61)66-59)27-31-49(55)50-32-28-44(38-56(50)65)54-40-60-64(52-26-16-14-24-48(52)54)62-46-22-12-10-20-42(46)30-34-58(62)67-60/h9-16,19-34,37-40H,3-8,17-18,35-36H2,1-2H3. The Kier molecular flexibility index (Phi) is 10.1. The Morgan fingerprint density at radius 1 is 0.328 bits per heavy atom. The second-order valence-electron chi connectivity index (χ2n) is 19.4. The second kappa shape index (κ2) is 16.5. The third-order valence-corrected chi connectivity index (χ3v) is 17.8. The molecule has 12 aromatic rings. The maximum absolute atomic E-state index is 2.66. The highest BCUT2D eigenvalue weighted by molar-refractivity contribution is 7.26. The summed E-state index contributed by atoms with van der Waals surface area (Å²) in [6.07, 6.45) is 12.5. The Morgan fingerprint density at radius 2 is 0.731 bits per heavy atom. The van der Waals surface area contributed by atoms with Crippen molar-refractivity contribution in [2.75, 3.05) is 0 Å². The van der Waals surface area contributed by atoms with Gasteiger partial charge in [0.25, 0.3) is 0 Å². The molecule has 0 bridgehead atoms. The molecule has 0 fully saturated rings. The van der Waals surface area contributed by atoms with Crippen molar-refractivity contribution >= 4 is 106 Å². The molecule has 2 aromatic heterocycles. The van der Waals surface area contributed by atoms with Crippen molar-refractivity contribution in [1.82, 2.24) is 0 Å². The zero-order valence-corrected chi connectivity index (χ0v) is 40.2. The van der Waals surface area contributed by atoms with Crippen molar-refractivity contribution in [3.05, 3.63) is 181 Å². The Bertz CT molecular complexity index is 3660. The van der Waals surface area contributed by atoms with Crippen LogP contribution in [0, 0.1) is 0 Å². The number of unbranched alkanes of at least 4 members (excludes halogenated alkanes) is 6. The number of fused-ring (bicyclic) bond motifs is 17. The normalized spacial score (nSPS) is 13.3. The lowest BCUT2D eigenvalue weighted by Gasteiger charge is -2.33. The van der Waals surface area contributed by atoms with Gasteiger partial charge in [0.15, 0.2) is 0 Å². The van der Waals surface area contributed by atoms with Gasteiger partial charge in [0.05, 0.1) is 0 Å². The summed E-state index contributed by atoms with van der Waals surface area (Å²) in [7, 11) is 0. The Balaban J connectivity index is 1.01. The first-order valence-electron chi connectivity index (χ1n) is 24.9. The van der Waals surface area contributed by atoms with E-state index in [-0.39, 0.29) is 5.41 Å². The van der Waals surface area contributed by atoms with Gasteiger partial charge in [-0.05, 0) is 137 Å². The summed E-state index contributed by atoms with van der Waals surface area (Å²) < 4.78 is 5.47. The van der Waals surface area contributed by atoms with Crippen molar-refractivity contribution in [1.29, 1.82) is 0 Å². The smallest absolute Gasteiger partial charge is 0.0368 e. The Labute approximate surface area is 401 Å². The minimum absolute atomic E-state index is 0.0644. The summed E-state index contributed by atoms with van der Waals surface area (Å²) >= 11 is 3.90. The van der Waals surface area contributed by atoms with Gasteiger partial charge >= 0.3 is 0 Å². The minimum Gasteiger partial charge on any atom is -0.135 e. The summed E-state index contributed by atoms with van der Waals surface area (Å²) in [6.45, 7) is 4.69. The van der Waals surface area contributed by atoms with E-state index in [1.165, 1.54) is 181 Å². The van der Waals surface area contributed by atoms with E-state index < -0.39 is 0 Å². The number of thiophene rings is 2. The number of hydrogen-bond acceptors (Lipinski definition) is 2. The van der Waals surface area contributed by atoms with Gasteiger partial charge in [0, 0.05) is 45.8 Å². The molecule has 10 aromatic carbocycles. The van der Waals surface area contributed by atoms with E-state index in [0.29, 0.717) is 0 Å². The maximum atomic E-state index is 2.66. The maximum Gasteiger partial charge on any atom is 0.0368 e. The first-order chi connectivity index (χ1) is 33.1. The van der Waals surface area contributed by atoms with Crippen molar-refractivity contribution in [2.24, 2.45) is 0 Å². The molecule has 13 rings (SSSR count). The molecule has 2 heteroatoms. The molecule has 0 unspecified atom stereocenters. The minimum atomic E-state index is -0.0644. The first kappa shape index (κ1) is 40.9. The third-order valence-electron chi connectivity index (χ3n) is 15.6. The summed E-state index contributed by atoms with van der Waals surface area (Å²) in [5.74, 6) is 0. The topological polar surface area (TPSA) is 0 Å². The predicted octanol–water partition coefficient (Wildman–Crippen LogP) is 20.6. The van der Waals surface area contributed by atoms with Gasteiger partial charge in [-0.1, -0.05) is 199 Å². The fourth-order valence-electron chi connectivity index (χ4n) is 12.5. The fraction of sp³-hybridized carbons (Fsp3) is 0.200. The summed E-state index contributed by atoms with van der Waals surface area (Å²) in [4.78, 5) is 0. The van der Waals surface area contributed by atoms with Crippen LogP contribution in [0.4, 0.5) is 0 Å². The molecule has 2 heterocycles. The highest BCUT2D eigenvalue weighted by atomic mass is 32.1. The van der Waals surface area contributed by atoms with E-state index in [1.54, 1.807) is 11.1 Å². The molecule has 0 spiro atoms. The quantitative estimate of drug-likeness (QED) is 0.107. The zero-order valence-electron chi connectivity index (χ0n) is 38.6. The van der Waals surface area contributed by atoms with Crippen LogP contribution in [0.3, 0.4) is 0 Å². The van der Waals surface area contributed by atoms with E-state index in [4.69, 9.17) is 0 Å². The van der Waals surface area contributed by atoms with Crippen LogP contribution in [0.2, 0.25) is 0 Å². The van der Waals surface area contributed by atoms with Crippen molar-refractivity contribution < 1.29 is 0 Å². The summed E-state index contributed by atoms with van der Waals surface area (Å²) in [6, 6.07) is 65.8. The summed E-state index contributed by atoms with van der Waals surface area (Å²) in [5.41, 5.74) is 11.3. The lowest BCUT2D eigenvalue weighted by Crippen LogP contribution is -2.25. The molecule has 0 amide bonds. The zero-order chi connectivity index (χ0) is 44.6. The molecule has 0 saturated heterocycles. The number of benzene rings is 10. The van der Waals surface area contributed by atoms with E-state index >= 15 is 0 Å². The number of rotatable bonds is 12. The van der Waals surface area contributed by atoms with Crippen LogP contribution in [-0.4, -0.2) is 0 Å². The summed E-state index contributed by atoms with van der Waals surface area (Å²) in [5, 5.41) is 16.3. The van der Waals surface area contributed by atoms with Crippen LogP contribution < -0.4 is 0 Å². The Morgan fingerprint density at radius 3 is 1.18 bits per heavy atom. The first-order valence-corrected chi connectivity index (χ1v) is 26.6. The SMILES string of the molecule is CCCCCCC1(CCCCCC)c2cc(-c3cc4sc5ccc6ccccc6c5c4c4ccccc34)ccc2-c2ccc(-c3cc4sc5ccc6ccccc6c5c4c4ccccc34)cc21. The molecule has 326 valence electrons. The Hall–Kier alpha value is -6.32. The van der Waals surface area contributed by atoms with Crippen LogP contribution in [-0.2, 0) is 5.41 Å². The van der Waals surface area contributed by atoms with Gasteiger partial charge in [0.2, 0.25) is 0 Å². The molecule has 0 nitrogen and oxygen atoms in total. The third kappa shape index (κ3) is 6.43. The lowest BCUT2D eigenvalue weighted by molar-refractivity contribution is 0.401. The van der Waals surface area contributed by atoms with E-state index in [0.717, 1.165) is 0 Å². The monoisotopic (exact) mass is 898 g/mol. The largest absolute Gasteiger partial charge is 0.135 e.